The number of nitrogens with zero attached hydrogens (tertiary/aromatic N) is 2. The lowest BCUT2D eigenvalue weighted by molar-refractivity contribution is -0.133. The lowest BCUT2D eigenvalue weighted by atomic mass is 9.82. The van der Waals surface area contributed by atoms with Crippen LogP contribution >= 0.6 is 0 Å². The van der Waals surface area contributed by atoms with Gasteiger partial charge in [-0.1, -0.05) is 119 Å². The number of fused-ring (bicyclic) bond motifs is 1. The Morgan fingerprint density at radius 1 is 0.698 bits per heavy atom. The summed E-state index contributed by atoms with van der Waals surface area (Å²) < 4.78 is 6.35. The maximum atomic E-state index is 14.1. The van der Waals surface area contributed by atoms with E-state index in [9.17, 15) is 9.59 Å². The molecule has 2 aliphatic rings. The summed E-state index contributed by atoms with van der Waals surface area (Å²) in [6, 6.07) is 18.9. The normalized spacial score (nSPS) is 18.8. The minimum atomic E-state index is -0.574. The van der Waals surface area contributed by atoms with Gasteiger partial charge in [0.2, 0.25) is 0 Å². The molecule has 1 aliphatic heterocycles. The number of para-hydroxylation sites is 2. The molecule has 43 heavy (non-hydrogen) atoms. The topological polar surface area (TPSA) is 49.9 Å². The monoisotopic (exact) mass is 584 g/mol. The smallest absolute Gasteiger partial charge is 0.274 e. The van der Waals surface area contributed by atoms with E-state index < -0.39 is 5.92 Å². The summed E-state index contributed by atoms with van der Waals surface area (Å²) in [5, 5.41) is 3.07. The summed E-state index contributed by atoms with van der Waals surface area (Å²) in [6.07, 6.45) is 25.7. The zero-order valence-electron chi connectivity index (χ0n) is 26.3. The van der Waals surface area contributed by atoms with Crippen LogP contribution in [0.1, 0.15) is 110 Å². The molecule has 1 aliphatic carbocycles. The van der Waals surface area contributed by atoms with Gasteiger partial charge in [-0.3, -0.25) is 9.59 Å². The van der Waals surface area contributed by atoms with Crippen LogP contribution in [0.25, 0.3) is 0 Å². The third-order valence-electron chi connectivity index (χ3n) is 8.63. The number of allylic oxidation sites excluding steroid dienone is 3. The first kappa shape index (κ1) is 32.7. The summed E-state index contributed by atoms with van der Waals surface area (Å²) in [6.45, 7) is 2.90. The van der Waals surface area contributed by atoms with Crippen molar-refractivity contribution in [2.24, 2.45) is 5.92 Å². The van der Waals surface area contributed by atoms with Crippen LogP contribution in [0.3, 0.4) is 0 Å². The van der Waals surface area contributed by atoms with E-state index in [-0.39, 0.29) is 17.9 Å². The van der Waals surface area contributed by atoms with Gasteiger partial charge in [-0.15, -0.1) is 0 Å². The molecule has 2 amide bonds. The maximum Gasteiger partial charge on any atom is 0.274 e. The number of unbranched alkanes of at least 4 members (excludes halogenated alkanes) is 12. The zero-order chi connectivity index (χ0) is 30.1. The van der Waals surface area contributed by atoms with E-state index in [1.165, 1.54) is 82.1 Å². The first-order valence-electron chi connectivity index (χ1n) is 17.0. The minimum absolute atomic E-state index is 0.105. The van der Waals surface area contributed by atoms with Crippen LogP contribution in [0, 0.1) is 5.92 Å². The molecule has 2 unspecified atom stereocenters. The van der Waals surface area contributed by atoms with Crippen molar-refractivity contribution in [3.8, 4) is 0 Å². The van der Waals surface area contributed by atoms with Crippen LogP contribution in [-0.2, 0) is 14.3 Å². The number of carbonyl (C=O) groups excluding carboxylic acids is 2. The summed E-state index contributed by atoms with van der Waals surface area (Å²) in [7, 11) is 0. The molecule has 0 radical (unpaired) electrons. The molecule has 0 bridgehead atoms. The van der Waals surface area contributed by atoms with Gasteiger partial charge in [0.05, 0.1) is 23.4 Å². The Balaban J connectivity index is 1.19. The highest BCUT2D eigenvalue weighted by Gasteiger charge is 2.49. The van der Waals surface area contributed by atoms with Crippen LogP contribution in [0.2, 0.25) is 0 Å². The lowest BCUT2D eigenvalue weighted by Gasteiger charge is -2.45. The molecule has 2 aromatic rings. The Kier molecular flexibility index (Phi) is 14.1. The second kappa shape index (κ2) is 18.5. The average molecular weight is 585 g/mol. The van der Waals surface area contributed by atoms with Crippen molar-refractivity contribution in [1.82, 2.24) is 0 Å². The fourth-order valence-corrected chi connectivity index (χ4v) is 6.23. The minimum Gasteiger partial charge on any atom is -0.377 e. The molecule has 232 valence electrons. The Morgan fingerprint density at radius 3 is 1.84 bits per heavy atom. The summed E-state index contributed by atoms with van der Waals surface area (Å²) >= 11 is 0. The van der Waals surface area contributed by atoms with Crippen molar-refractivity contribution >= 4 is 23.2 Å². The third-order valence-corrected chi connectivity index (χ3v) is 8.63. The Labute approximate surface area is 260 Å². The molecule has 2 aromatic carbocycles. The van der Waals surface area contributed by atoms with E-state index in [2.05, 4.69) is 19.1 Å². The molecule has 0 N–H and O–H groups in total. The van der Waals surface area contributed by atoms with Gasteiger partial charge in [0.15, 0.2) is 0 Å². The van der Waals surface area contributed by atoms with Gasteiger partial charge in [0.1, 0.15) is 0 Å². The Hall–Kier alpha value is -3.18. The van der Waals surface area contributed by atoms with Crippen molar-refractivity contribution in [2.75, 3.05) is 16.6 Å². The van der Waals surface area contributed by atoms with Crippen LogP contribution in [-0.4, -0.2) is 24.5 Å². The summed E-state index contributed by atoms with van der Waals surface area (Å²) in [4.78, 5) is 28.0. The lowest BCUT2D eigenvalue weighted by Crippen LogP contribution is -2.61. The van der Waals surface area contributed by atoms with Gasteiger partial charge in [-0.25, -0.2) is 10.0 Å². The van der Waals surface area contributed by atoms with Gasteiger partial charge in [-0.2, -0.15) is 0 Å². The van der Waals surface area contributed by atoms with Crippen molar-refractivity contribution in [1.29, 1.82) is 0 Å². The van der Waals surface area contributed by atoms with Crippen molar-refractivity contribution in [3.63, 3.8) is 0 Å². The molecule has 1 saturated heterocycles. The maximum absolute atomic E-state index is 14.1. The number of benzene rings is 2. The number of amides is 2. The molecular weight excluding hydrogens is 532 g/mol. The van der Waals surface area contributed by atoms with E-state index in [1.807, 2.05) is 66.7 Å². The number of hydrogen-bond donors (Lipinski definition) is 0. The van der Waals surface area contributed by atoms with Gasteiger partial charge in [0, 0.05) is 12.2 Å². The van der Waals surface area contributed by atoms with Crippen LogP contribution in [0.5, 0.6) is 0 Å². The number of rotatable bonds is 19. The highest BCUT2D eigenvalue weighted by atomic mass is 16.5. The second-order valence-corrected chi connectivity index (χ2v) is 12.0. The second-order valence-electron chi connectivity index (χ2n) is 12.0. The van der Waals surface area contributed by atoms with Crippen LogP contribution in [0.15, 0.2) is 84.5 Å². The number of ether oxygens (including phenoxy) is 1. The Morgan fingerprint density at radius 2 is 1.23 bits per heavy atom. The van der Waals surface area contributed by atoms with E-state index in [4.69, 9.17) is 4.74 Å². The molecule has 2 atom stereocenters. The summed E-state index contributed by atoms with van der Waals surface area (Å²) in [5.74, 6) is -0.827. The first-order valence-corrected chi connectivity index (χ1v) is 17.0. The number of carbonyl (C=O) groups is 2. The van der Waals surface area contributed by atoms with Gasteiger partial charge in [-0.05, 0) is 69.2 Å². The van der Waals surface area contributed by atoms with Crippen LogP contribution in [0.4, 0.5) is 11.4 Å². The summed E-state index contributed by atoms with van der Waals surface area (Å²) in [5.41, 5.74) is 1.93. The quantitative estimate of drug-likeness (QED) is 0.122. The van der Waals surface area contributed by atoms with Gasteiger partial charge in [0.25, 0.3) is 11.8 Å². The van der Waals surface area contributed by atoms with E-state index in [0.29, 0.717) is 23.6 Å². The number of hydrazine groups is 1. The molecule has 4 rings (SSSR count). The molecule has 0 aromatic heterocycles. The SMILES string of the molecule is CCCCCCCC/C=C\CCCCCCCCOC1CCC=C2C(=O)N(c3ccccc3)N(c3ccccc3)C(=O)C21. The predicted molar refractivity (Wildman–Crippen MR) is 178 cm³/mol. The Bertz CT molecular complexity index is 1160. The number of hydrogen-bond acceptors (Lipinski definition) is 3. The molecule has 0 saturated carbocycles. The van der Waals surface area contributed by atoms with Crippen molar-refractivity contribution < 1.29 is 14.3 Å². The van der Waals surface area contributed by atoms with Gasteiger partial charge >= 0.3 is 0 Å². The van der Waals surface area contributed by atoms with E-state index >= 15 is 0 Å². The third kappa shape index (κ3) is 9.66. The largest absolute Gasteiger partial charge is 0.377 e. The molecule has 1 fully saturated rings. The zero-order valence-corrected chi connectivity index (χ0v) is 26.3. The molecule has 5 nitrogen and oxygen atoms in total. The highest BCUT2D eigenvalue weighted by Crippen LogP contribution is 2.39. The first-order chi connectivity index (χ1) is 21.2. The van der Waals surface area contributed by atoms with E-state index in [0.717, 1.165) is 25.7 Å². The predicted octanol–water partition coefficient (Wildman–Crippen LogP) is 9.74. The standard InChI is InChI=1S/C38H52N2O3/c1-2-3-4-5-6-7-8-9-10-11-12-13-14-15-16-23-31-43-35-30-24-29-34-36(35)38(42)40(33-27-21-18-22-28-33)39(37(34)41)32-25-19-17-20-26-32/h9-10,17-22,25-29,35-36H,2-8,11-16,23-24,30-31H2,1H3/b10-9-. The molecule has 1 heterocycles. The fraction of sp³-hybridized carbons (Fsp3) is 0.526. The fourth-order valence-electron chi connectivity index (χ4n) is 6.23. The average Bonchev–Trinajstić information content (AvgIpc) is 3.04. The van der Waals surface area contributed by atoms with Crippen molar-refractivity contribution in [2.45, 2.75) is 116 Å². The van der Waals surface area contributed by atoms with Crippen molar-refractivity contribution in [3.05, 3.63) is 84.5 Å². The molecule has 0 spiro atoms. The highest BCUT2D eigenvalue weighted by molar-refractivity contribution is 6.20. The van der Waals surface area contributed by atoms with Crippen LogP contribution < -0.4 is 10.0 Å². The van der Waals surface area contributed by atoms with E-state index in [1.54, 1.807) is 5.01 Å². The molecular formula is C38H52N2O3. The number of anilines is 2. The molecule has 5 heteroatoms. The van der Waals surface area contributed by atoms with Gasteiger partial charge < -0.3 is 4.74 Å².